The van der Waals surface area contributed by atoms with Gasteiger partial charge in [-0.3, -0.25) is 0 Å². The summed E-state index contributed by atoms with van der Waals surface area (Å²) in [5.74, 6) is 1.38. The van der Waals surface area contributed by atoms with Crippen molar-refractivity contribution in [3.05, 3.63) is 0 Å². The summed E-state index contributed by atoms with van der Waals surface area (Å²) in [6.07, 6.45) is 5.51. The molecule has 1 saturated carbocycles. The minimum Gasteiger partial charge on any atom is -0.330 e. The van der Waals surface area contributed by atoms with Crippen LogP contribution in [0.2, 0.25) is 0 Å². The van der Waals surface area contributed by atoms with E-state index in [2.05, 4.69) is 0 Å². The average molecular weight is 283 g/mol. The molecular formula is C11H23ClN2O2S. The van der Waals surface area contributed by atoms with Crippen LogP contribution < -0.4 is 5.73 Å². The Labute approximate surface area is 110 Å². The van der Waals surface area contributed by atoms with Crippen molar-refractivity contribution in [1.29, 1.82) is 0 Å². The van der Waals surface area contributed by atoms with Crippen LogP contribution in [0.1, 0.15) is 32.1 Å². The number of nitrogens with two attached hydrogens (primary N) is 1. The van der Waals surface area contributed by atoms with Gasteiger partial charge in [-0.05, 0) is 31.2 Å². The van der Waals surface area contributed by atoms with E-state index >= 15 is 0 Å². The summed E-state index contributed by atoms with van der Waals surface area (Å²) in [4.78, 5) is 0. The van der Waals surface area contributed by atoms with Gasteiger partial charge < -0.3 is 5.73 Å². The Hall–Kier alpha value is 0.160. The molecule has 0 aromatic rings. The van der Waals surface area contributed by atoms with Gasteiger partial charge in [0.2, 0.25) is 10.0 Å². The molecule has 0 amide bonds. The molecule has 0 bridgehead atoms. The molecule has 6 heteroatoms. The Kier molecular flexibility index (Phi) is 5.70. The first-order chi connectivity index (χ1) is 7.62. The number of rotatable bonds is 5. The largest absolute Gasteiger partial charge is 0.330 e. The molecule has 0 aromatic carbocycles. The third kappa shape index (κ3) is 3.81. The van der Waals surface area contributed by atoms with Crippen LogP contribution in [-0.2, 0) is 10.0 Å². The molecule has 1 aliphatic carbocycles. The van der Waals surface area contributed by atoms with Gasteiger partial charge in [-0.25, -0.2) is 12.7 Å². The van der Waals surface area contributed by atoms with E-state index in [1.54, 1.807) is 4.31 Å². The highest BCUT2D eigenvalue weighted by Gasteiger charge is 2.31. The van der Waals surface area contributed by atoms with E-state index in [9.17, 15) is 8.42 Å². The molecule has 17 heavy (non-hydrogen) atoms. The molecule has 1 aliphatic heterocycles. The van der Waals surface area contributed by atoms with Gasteiger partial charge in [0.15, 0.2) is 0 Å². The van der Waals surface area contributed by atoms with Crippen molar-refractivity contribution in [2.75, 3.05) is 25.4 Å². The minimum absolute atomic E-state index is 0. The van der Waals surface area contributed by atoms with Gasteiger partial charge >= 0.3 is 0 Å². The minimum atomic E-state index is -3.00. The predicted octanol–water partition coefficient (Wildman–Crippen LogP) is 1.21. The molecule has 1 atom stereocenters. The van der Waals surface area contributed by atoms with Crippen molar-refractivity contribution < 1.29 is 8.42 Å². The SMILES string of the molecule is Cl.NCC1CCN(S(=O)(=O)CCC2CCC2)C1. The molecule has 0 spiro atoms. The Morgan fingerprint density at radius 3 is 2.35 bits per heavy atom. The fraction of sp³-hybridized carbons (Fsp3) is 1.00. The molecule has 0 radical (unpaired) electrons. The van der Waals surface area contributed by atoms with E-state index in [-0.39, 0.29) is 12.4 Å². The fourth-order valence-electron chi connectivity index (χ4n) is 2.47. The molecule has 1 heterocycles. The lowest BCUT2D eigenvalue weighted by atomic mass is 9.84. The molecule has 2 aliphatic rings. The summed E-state index contributed by atoms with van der Waals surface area (Å²) in [6, 6.07) is 0. The maximum atomic E-state index is 12.0. The van der Waals surface area contributed by atoms with Crippen molar-refractivity contribution in [2.24, 2.45) is 17.6 Å². The molecule has 1 unspecified atom stereocenters. The standard InChI is InChI=1S/C11H22N2O2S.ClH/c12-8-11-4-6-13(9-11)16(14,15)7-5-10-2-1-3-10;/h10-11H,1-9,12H2;1H. The van der Waals surface area contributed by atoms with Gasteiger partial charge in [0.25, 0.3) is 0 Å². The van der Waals surface area contributed by atoms with Crippen LogP contribution in [0.15, 0.2) is 0 Å². The van der Waals surface area contributed by atoms with E-state index < -0.39 is 10.0 Å². The maximum absolute atomic E-state index is 12.0. The van der Waals surface area contributed by atoms with Crippen LogP contribution in [0.4, 0.5) is 0 Å². The number of nitrogens with zero attached hydrogens (tertiary/aromatic N) is 1. The van der Waals surface area contributed by atoms with Gasteiger partial charge in [-0.2, -0.15) is 0 Å². The van der Waals surface area contributed by atoms with Gasteiger partial charge in [-0.1, -0.05) is 19.3 Å². The maximum Gasteiger partial charge on any atom is 0.214 e. The molecule has 102 valence electrons. The third-order valence-electron chi connectivity index (χ3n) is 3.98. The quantitative estimate of drug-likeness (QED) is 0.824. The number of halogens is 1. The van der Waals surface area contributed by atoms with Gasteiger partial charge in [0.1, 0.15) is 0 Å². The van der Waals surface area contributed by atoms with Crippen molar-refractivity contribution in [2.45, 2.75) is 32.1 Å². The molecule has 1 saturated heterocycles. The second-order valence-electron chi connectivity index (χ2n) is 5.15. The topological polar surface area (TPSA) is 63.4 Å². The zero-order chi connectivity index (χ0) is 11.6. The summed E-state index contributed by atoms with van der Waals surface area (Å²) in [7, 11) is -3.00. The van der Waals surface area contributed by atoms with Gasteiger partial charge in [-0.15, -0.1) is 12.4 Å². The van der Waals surface area contributed by atoms with E-state index in [4.69, 9.17) is 5.73 Å². The first-order valence-electron chi connectivity index (χ1n) is 6.29. The zero-order valence-electron chi connectivity index (χ0n) is 10.2. The van der Waals surface area contributed by atoms with Crippen molar-refractivity contribution >= 4 is 22.4 Å². The first kappa shape index (κ1) is 15.2. The van der Waals surface area contributed by atoms with E-state index in [0.717, 1.165) is 12.8 Å². The highest BCUT2D eigenvalue weighted by Crippen LogP contribution is 2.30. The average Bonchev–Trinajstić information content (AvgIpc) is 2.63. The fourth-order valence-corrected chi connectivity index (χ4v) is 4.18. The van der Waals surface area contributed by atoms with Gasteiger partial charge in [0.05, 0.1) is 5.75 Å². The first-order valence-corrected chi connectivity index (χ1v) is 7.90. The van der Waals surface area contributed by atoms with Crippen LogP contribution in [0, 0.1) is 11.8 Å². The van der Waals surface area contributed by atoms with E-state index in [1.165, 1.54) is 19.3 Å². The van der Waals surface area contributed by atoms with Crippen LogP contribution >= 0.6 is 12.4 Å². The Bertz CT molecular complexity index is 330. The molecule has 2 N–H and O–H groups in total. The van der Waals surface area contributed by atoms with Crippen molar-refractivity contribution in [1.82, 2.24) is 4.31 Å². The Morgan fingerprint density at radius 1 is 1.18 bits per heavy atom. The van der Waals surface area contributed by atoms with Crippen LogP contribution in [-0.4, -0.2) is 38.1 Å². The van der Waals surface area contributed by atoms with Crippen molar-refractivity contribution in [3.8, 4) is 0 Å². The Morgan fingerprint density at radius 2 is 1.88 bits per heavy atom. The van der Waals surface area contributed by atoms with Crippen molar-refractivity contribution in [3.63, 3.8) is 0 Å². The summed E-state index contributed by atoms with van der Waals surface area (Å²) in [5.41, 5.74) is 5.57. The summed E-state index contributed by atoms with van der Waals surface area (Å²) in [5, 5.41) is 0. The number of hydrogen-bond acceptors (Lipinski definition) is 3. The normalized spacial score (nSPS) is 26.5. The number of sulfonamides is 1. The van der Waals surface area contributed by atoms with E-state index in [0.29, 0.717) is 37.2 Å². The zero-order valence-corrected chi connectivity index (χ0v) is 11.8. The lowest BCUT2D eigenvalue weighted by molar-refractivity contribution is 0.305. The summed E-state index contributed by atoms with van der Waals surface area (Å²) < 4.78 is 25.7. The molecular weight excluding hydrogens is 260 g/mol. The smallest absolute Gasteiger partial charge is 0.214 e. The molecule has 2 fully saturated rings. The highest BCUT2D eigenvalue weighted by molar-refractivity contribution is 7.89. The lowest BCUT2D eigenvalue weighted by Crippen LogP contribution is -2.33. The predicted molar refractivity (Wildman–Crippen MR) is 71.7 cm³/mol. The number of hydrogen-bond donors (Lipinski definition) is 1. The second kappa shape index (κ2) is 6.36. The second-order valence-corrected chi connectivity index (χ2v) is 7.24. The lowest BCUT2D eigenvalue weighted by Gasteiger charge is -2.26. The summed E-state index contributed by atoms with van der Waals surface area (Å²) >= 11 is 0. The molecule has 2 rings (SSSR count). The highest BCUT2D eigenvalue weighted by atomic mass is 35.5. The van der Waals surface area contributed by atoms with Gasteiger partial charge in [0, 0.05) is 13.1 Å². The molecule has 0 aromatic heterocycles. The van der Waals surface area contributed by atoms with Crippen LogP contribution in [0.25, 0.3) is 0 Å². The van der Waals surface area contributed by atoms with Crippen LogP contribution in [0.3, 0.4) is 0 Å². The third-order valence-corrected chi connectivity index (χ3v) is 5.85. The monoisotopic (exact) mass is 282 g/mol. The van der Waals surface area contributed by atoms with E-state index in [1.807, 2.05) is 0 Å². The Balaban J connectivity index is 0.00000144. The molecule has 4 nitrogen and oxygen atoms in total. The van der Waals surface area contributed by atoms with Crippen LogP contribution in [0.5, 0.6) is 0 Å². The summed E-state index contributed by atoms with van der Waals surface area (Å²) in [6.45, 7) is 1.92.